The van der Waals surface area contributed by atoms with Gasteiger partial charge in [-0.2, -0.15) is 0 Å². The summed E-state index contributed by atoms with van der Waals surface area (Å²) in [5.74, 6) is -0.630. The molecule has 0 bridgehead atoms. The number of hydrogen-bond donors (Lipinski definition) is 3. The molecule has 0 aromatic heterocycles. The quantitative estimate of drug-likeness (QED) is 0.0222. The van der Waals surface area contributed by atoms with E-state index in [9.17, 15) is 43.2 Å². The summed E-state index contributed by atoms with van der Waals surface area (Å²) in [6.07, 6.45) is 54.3. The van der Waals surface area contributed by atoms with E-state index in [1.54, 1.807) is 0 Å². The Hall–Kier alpha value is -1.94. The zero-order chi connectivity index (χ0) is 69.3. The summed E-state index contributed by atoms with van der Waals surface area (Å²) >= 11 is 0. The lowest BCUT2D eigenvalue weighted by Crippen LogP contribution is -2.30. The van der Waals surface area contributed by atoms with Crippen LogP contribution in [-0.2, 0) is 65.4 Å². The summed E-state index contributed by atoms with van der Waals surface area (Å²) in [6.45, 7) is 9.53. The molecular formula is C75H146O17P2. The van der Waals surface area contributed by atoms with Gasteiger partial charge in [0.1, 0.15) is 19.3 Å². The summed E-state index contributed by atoms with van der Waals surface area (Å²) in [4.78, 5) is 72.7. The smallest absolute Gasteiger partial charge is 0.462 e. The van der Waals surface area contributed by atoms with Crippen LogP contribution in [-0.4, -0.2) is 96.7 Å². The maximum Gasteiger partial charge on any atom is 0.472 e. The summed E-state index contributed by atoms with van der Waals surface area (Å²) in [5, 5.41) is 10.6. The zero-order valence-corrected chi connectivity index (χ0v) is 63.1. The highest BCUT2D eigenvalue weighted by Crippen LogP contribution is 2.45. The third-order valence-corrected chi connectivity index (χ3v) is 19.4. The van der Waals surface area contributed by atoms with Gasteiger partial charge in [-0.25, -0.2) is 9.13 Å². The number of hydrogen-bond acceptors (Lipinski definition) is 15. The molecule has 0 heterocycles. The molecule has 0 fully saturated rings. The Balaban J connectivity index is 5.20. The predicted octanol–water partition coefficient (Wildman–Crippen LogP) is 21.9. The van der Waals surface area contributed by atoms with E-state index < -0.39 is 97.5 Å². The molecular weight excluding hydrogens is 1230 g/mol. The van der Waals surface area contributed by atoms with Gasteiger partial charge in [-0.1, -0.05) is 337 Å². The molecule has 17 nitrogen and oxygen atoms in total. The number of aliphatic hydroxyl groups excluding tert-OH is 1. The predicted molar refractivity (Wildman–Crippen MR) is 381 cm³/mol. The van der Waals surface area contributed by atoms with Gasteiger partial charge >= 0.3 is 39.5 Å². The van der Waals surface area contributed by atoms with Crippen molar-refractivity contribution in [1.82, 2.24) is 0 Å². The van der Waals surface area contributed by atoms with Crippen molar-refractivity contribution in [3.8, 4) is 0 Å². The van der Waals surface area contributed by atoms with Crippen molar-refractivity contribution in [3.63, 3.8) is 0 Å². The van der Waals surface area contributed by atoms with Crippen molar-refractivity contribution < 1.29 is 80.2 Å². The molecule has 3 N–H and O–H groups in total. The number of carbonyl (C=O) groups excluding carboxylic acids is 4. The average molecular weight is 1380 g/mol. The van der Waals surface area contributed by atoms with Crippen molar-refractivity contribution in [1.29, 1.82) is 0 Å². The Morgan fingerprint density at radius 1 is 0.287 bits per heavy atom. The van der Waals surface area contributed by atoms with Gasteiger partial charge in [0.25, 0.3) is 0 Å². The van der Waals surface area contributed by atoms with Crippen LogP contribution in [0.5, 0.6) is 0 Å². The minimum atomic E-state index is -4.96. The lowest BCUT2D eigenvalue weighted by molar-refractivity contribution is -0.161. The summed E-state index contributed by atoms with van der Waals surface area (Å²) in [5.41, 5.74) is 0. The van der Waals surface area contributed by atoms with Crippen molar-refractivity contribution in [2.24, 2.45) is 11.8 Å². The molecule has 0 aliphatic rings. The van der Waals surface area contributed by atoms with Crippen LogP contribution in [0.15, 0.2) is 0 Å². The normalized spacial score (nSPS) is 14.0. The second kappa shape index (κ2) is 66.9. The Morgan fingerprint density at radius 3 is 0.723 bits per heavy atom. The third-order valence-electron chi connectivity index (χ3n) is 17.5. The van der Waals surface area contributed by atoms with Crippen molar-refractivity contribution >= 4 is 39.5 Å². The van der Waals surface area contributed by atoms with E-state index in [2.05, 4.69) is 41.5 Å². The standard InChI is InChI=1S/C75H146O17P2/c1-7-9-11-13-15-17-19-20-21-25-28-31-35-38-45-51-57-72(77)85-63-70(91-75(80)60-54-48-40-36-32-29-26-23-22-24-27-30-33-37-43-49-55-67(3)4)65-89-93(81,82)87-61-69(76)62-88-94(83,84)90-66-71(64-86-73(78)58-52-46-42-41-44-50-56-68(5)6)92-74(79)59-53-47-39-34-18-16-14-12-10-8-2/h67-71,76H,7-66H2,1-6H3,(H,81,82)(H,83,84)/t69-,70-,71-/m1/s1. The fourth-order valence-corrected chi connectivity index (χ4v) is 13.1. The summed E-state index contributed by atoms with van der Waals surface area (Å²) in [6, 6.07) is 0. The number of ether oxygens (including phenoxy) is 4. The first-order valence-electron chi connectivity index (χ1n) is 39.0. The number of esters is 4. The van der Waals surface area contributed by atoms with Gasteiger partial charge in [0.05, 0.1) is 26.4 Å². The summed E-state index contributed by atoms with van der Waals surface area (Å²) in [7, 11) is -9.90. The van der Waals surface area contributed by atoms with Crippen LogP contribution in [0.2, 0.25) is 0 Å². The molecule has 0 aliphatic carbocycles. The second-order valence-electron chi connectivity index (χ2n) is 28.0. The van der Waals surface area contributed by atoms with Crippen LogP contribution in [0, 0.1) is 11.8 Å². The molecule has 5 atom stereocenters. The molecule has 558 valence electrons. The number of rotatable bonds is 74. The first kappa shape index (κ1) is 92.1. The molecule has 0 aliphatic heterocycles. The van der Waals surface area contributed by atoms with E-state index >= 15 is 0 Å². The van der Waals surface area contributed by atoms with E-state index in [1.807, 2.05) is 0 Å². The van der Waals surface area contributed by atoms with Crippen LogP contribution in [0.3, 0.4) is 0 Å². The van der Waals surface area contributed by atoms with E-state index in [0.29, 0.717) is 31.6 Å². The van der Waals surface area contributed by atoms with Crippen LogP contribution in [0.1, 0.15) is 388 Å². The minimum absolute atomic E-state index is 0.105. The number of phosphoric ester groups is 2. The van der Waals surface area contributed by atoms with Crippen LogP contribution in [0.4, 0.5) is 0 Å². The molecule has 0 rings (SSSR count). The van der Waals surface area contributed by atoms with E-state index in [-0.39, 0.29) is 25.7 Å². The van der Waals surface area contributed by atoms with Gasteiger partial charge in [0, 0.05) is 25.7 Å². The molecule has 19 heteroatoms. The van der Waals surface area contributed by atoms with Crippen molar-refractivity contribution in [2.45, 2.75) is 407 Å². The lowest BCUT2D eigenvalue weighted by atomic mass is 10.0. The first-order chi connectivity index (χ1) is 45.4. The molecule has 0 radical (unpaired) electrons. The Bertz CT molecular complexity index is 1820. The highest BCUT2D eigenvalue weighted by atomic mass is 31.2. The van der Waals surface area contributed by atoms with Crippen molar-refractivity contribution in [3.05, 3.63) is 0 Å². The maximum absolute atomic E-state index is 13.1. The van der Waals surface area contributed by atoms with Crippen LogP contribution < -0.4 is 0 Å². The maximum atomic E-state index is 13.1. The highest BCUT2D eigenvalue weighted by molar-refractivity contribution is 7.47. The molecule has 0 aromatic rings. The number of phosphoric acid groups is 2. The Labute approximate surface area is 575 Å². The minimum Gasteiger partial charge on any atom is -0.462 e. The SMILES string of the molecule is CCCCCCCCCCCCCCCCCCC(=O)OC[C@H](COP(=O)(O)OC[C@@H](O)COP(=O)(O)OC[C@@H](COC(=O)CCCCCCCCC(C)C)OC(=O)CCCCCCCCCCCC)OC(=O)CCCCCCCCCCCCCCCCCCC(C)C. The molecule has 0 spiro atoms. The Morgan fingerprint density at radius 2 is 0.489 bits per heavy atom. The molecule has 0 amide bonds. The molecule has 0 saturated heterocycles. The first-order valence-corrected chi connectivity index (χ1v) is 42.0. The van der Waals surface area contributed by atoms with Gasteiger partial charge in [0.15, 0.2) is 12.2 Å². The molecule has 0 saturated carbocycles. The van der Waals surface area contributed by atoms with E-state index in [1.165, 1.54) is 199 Å². The van der Waals surface area contributed by atoms with Gasteiger partial charge < -0.3 is 33.8 Å². The topological polar surface area (TPSA) is 237 Å². The summed E-state index contributed by atoms with van der Waals surface area (Å²) < 4.78 is 68.4. The number of carbonyl (C=O) groups is 4. The van der Waals surface area contributed by atoms with Gasteiger partial charge in [0.2, 0.25) is 0 Å². The van der Waals surface area contributed by atoms with E-state index in [4.69, 9.17) is 37.0 Å². The fourth-order valence-electron chi connectivity index (χ4n) is 11.5. The Kier molecular flexibility index (Phi) is 65.5. The second-order valence-corrected chi connectivity index (χ2v) is 30.9. The van der Waals surface area contributed by atoms with E-state index in [0.717, 1.165) is 102 Å². The average Bonchev–Trinajstić information content (AvgIpc) is 3.00. The number of unbranched alkanes of at least 4 members (excludes halogenated alkanes) is 44. The lowest BCUT2D eigenvalue weighted by Gasteiger charge is -2.21. The van der Waals surface area contributed by atoms with Gasteiger partial charge in [-0.05, 0) is 37.5 Å². The number of aliphatic hydroxyl groups is 1. The monoisotopic (exact) mass is 1380 g/mol. The van der Waals surface area contributed by atoms with Crippen LogP contribution >= 0.6 is 15.6 Å². The zero-order valence-electron chi connectivity index (χ0n) is 61.3. The highest BCUT2D eigenvalue weighted by Gasteiger charge is 2.30. The molecule has 2 unspecified atom stereocenters. The van der Waals surface area contributed by atoms with Crippen LogP contribution in [0.25, 0.3) is 0 Å². The van der Waals surface area contributed by atoms with Crippen molar-refractivity contribution in [2.75, 3.05) is 39.6 Å². The van der Waals surface area contributed by atoms with Gasteiger partial charge in [-0.15, -0.1) is 0 Å². The molecule has 0 aromatic carbocycles. The third kappa shape index (κ3) is 68.6. The van der Waals surface area contributed by atoms with Gasteiger partial charge in [-0.3, -0.25) is 37.3 Å². The largest absolute Gasteiger partial charge is 0.472 e. The molecule has 94 heavy (non-hydrogen) atoms. The fraction of sp³-hybridized carbons (Fsp3) is 0.947.